The van der Waals surface area contributed by atoms with Gasteiger partial charge in [-0.25, -0.2) is 0 Å². The van der Waals surface area contributed by atoms with Gasteiger partial charge in [0.2, 0.25) is 0 Å². The summed E-state index contributed by atoms with van der Waals surface area (Å²) >= 11 is 0. The minimum Gasteiger partial charge on any atom is -0.875 e. The number of aromatic hydroxyl groups is 2. The van der Waals surface area contributed by atoms with Gasteiger partial charge < -0.3 is 46.8 Å². The van der Waals surface area contributed by atoms with Crippen LogP contribution in [-0.2, 0) is 29.8 Å². The number of allylic oxidation sites excluding steroid dienone is 5. The quantitative estimate of drug-likeness (QED) is 0.0479. The Labute approximate surface area is 431 Å². The molecule has 0 amide bonds. The number of aliphatic hydroxyl groups excluding tert-OH is 3. The van der Waals surface area contributed by atoms with E-state index in [1.807, 2.05) is 36.4 Å². The second kappa shape index (κ2) is 22.9. The number of aliphatic imine (C=N–C) groups is 1. The predicted molar refractivity (Wildman–Crippen MR) is 284 cm³/mol. The zero-order valence-electron chi connectivity index (χ0n) is 40.7. The highest BCUT2D eigenvalue weighted by Crippen LogP contribution is 2.64. The first kappa shape index (κ1) is 51.6. The molecule has 0 unspecified atom stereocenters. The average Bonchev–Trinajstić information content (AvgIpc) is 3.94. The fourth-order valence-electron chi connectivity index (χ4n) is 12.0. The SMILES string of the molecule is NC(N)c1cc2c3cc1CSSC[C@]14CC[C@H](C[C@H](CCc5ccccc5)C[C@H](O)CO)[C@](/C=C/C(=O)CCc5ccc(O)c(c5)OCCc5ccc(O)c(c5)[C@@H]3CC([O-])=C3C=CN=C3CC#C2)(C[C@@H]1O)C4. The van der Waals surface area contributed by atoms with Crippen molar-refractivity contribution < 1.29 is 40.2 Å². The lowest BCUT2D eigenvalue weighted by Crippen LogP contribution is -2.39. The molecule has 0 spiro atoms. The number of carbonyl (C=O) groups is 1. The Balaban J connectivity index is 1.07. The molecule has 7 atom stereocenters. The summed E-state index contributed by atoms with van der Waals surface area (Å²) in [5, 5.41) is 69.8. The minimum atomic E-state index is -0.833. The van der Waals surface area contributed by atoms with Gasteiger partial charge in [0.25, 0.3) is 0 Å². The molecular weight excluding hydrogens is 943 g/mol. The van der Waals surface area contributed by atoms with Crippen LogP contribution in [0.2, 0.25) is 0 Å². The van der Waals surface area contributed by atoms with Crippen molar-refractivity contribution in [2.24, 2.45) is 39.1 Å². The molecule has 72 heavy (non-hydrogen) atoms. The fraction of sp³-hybridized carbons (Fsp3) is 0.424. The highest BCUT2D eigenvalue weighted by atomic mass is 33.1. The minimum absolute atomic E-state index is 0.0178. The van der Waals surface area contributed by atoms with Crippen LogP contribution in [0.4, 0.5) is 0 Å². The monoisotopic (exact) mass is 1010 g/mol. The maximum atomic E-state index is 14.3. The van der Waals surface area contributed by atoms with E-state index in [2.05, 4.69) is 41.1 Å². The molecule has 2 heterocycles. The largest absolute Gasteiger partial charge is 0.875 e. The summed E-state index contributed by atoms with van der Waals surface area (Å²) in [6, 6.07) is 24.9. The molecule has 9 N–H and O–H groups in total. The van der Waals surface area contributed by atoms with Crippen LogP contribution in [0, 0.1) is 34.5 Å². The van der Waals surface area contributed by atoms with E-state index in [1.165, 1.54) is 5.56 Å². The molecule has 5 aliphatic rings. The lowest BCUT2D eigenvalue weighted by molar-refractivity contribution is -0.307. The number of hydrogen-bond donors (Lipinski definition) is 7. The van der Waals surface area contributed by atoms with Gasteiger partial charge in [-0.2, -0.15) is 0 Å². The van der Waals surface area contributed by atoms with Gasteiger partial charge in [-0.1, -0.05) is 94.1 Å². The first-order chi connectivity index (χ1) is 34.8. The van der Waals surface area contributed by atoms with E-state index in [9.17, 15) is 35.4 Å². The van der Waals surface area contributed by atoms with E-state index in [0.29, 0.717) is 78.2 Å². The van der Waals surface area contributed by atoms with Crippen molar-refractivity contribution in [2.45, 2.75) is 114 Å². The smallest absolute Gasteiger partial charge is 0.161 e. The number of hydrogen-bond acceptors (Lipinski definition) is 13. The maximum absolute atomic E-state index is 14.3. The van der Waals surface area contributed by atoms with Crippen molar-refractivity contribution in [2.75, 3.05) is 19.0 Å². The molecule has 11 nitrogen and oxygen atoms in total. The van der Waals surface area contributed by atoms with Crippen molar-refractivity contribution in [3.8, 4) is 29.1 Å². The Hall–Kier alpha value is -5.30. The Kier molecular flexibility index (Phi) is 16.4. The zero-order valence-corrected chi connectivity index (χ0v) is 42.3. The molecule has 0 saturated heterocycles. The van der Waals surface area contributed by atoms with Gasteiger partial charge in [-0.3, -0.25) is 9.79 Å². The number of carbonyl (C=O) groups excluding carboxylic acids is 1. The molecule has 0 radical (unpaired) electrons. The number of ketones is 1. The molecule has 9 rings (SSSR count). The number of ether oxygens (including phenoxy) is 1. The van der Waals surface area contributed by atoms with Crippen LogP contribution in [0.1, 0.15) is 121 Å². The second-order valence-corrected chi connectivity index (χ2v) is 23.1. The third kappa shape index (κ3) is 11.7. The number of benzene rings is 4. The highest BCUT2D eigenvalue weighted by molar-refractivity contribution is 8.76. The van der Waals surface area contributed by atoms with Crippen molar-refractivity contribution in [1.82, 2.24) is 0 Å². The number of nitrogens with two attached hydrogens (primary N) is 2. The highest BCUT2D eigenvalue weighted by Gasteiger charge is 2.59. The Morgan fingerprint density at radius 3 is 2.56 bits per heavy atom. The van der Waals surface area contributed by atoms with Crippen molar-refractivity contribution >= 4 is 33.1 Å². The third-order valence-corrected chi connectivity index (χ3v) is 18.4. The number of nitrogens with zero attached hydrogens (tertiary/aromatic N) is 1. The van der Waals surface area contributed by atoms with Gasteiger partial charge in [0, 0.05) is 53.0 Å². The van der Waals surface area contributed by atoms with Gasteiger partial charge in [0.15, 0.2) is 17.3 Å². The van der Waals surface area contributed by atoms with Crippen LogP contribution in [-0.4, -0.2) is 68.2 Å². The molecule has 13 heteroatoms. The molecule has 8 bridgehead atoms. The van der Waals surface area contributed by atoms with E-state index in [0.717, 1.165) is 59.9 Å². The summed E-state index contributed by atoms with van der Waals surface area (Å²) in [4.78, 5) is 18.3. The Bertz CT molecular complexity index is 2820. The number of fused-ring (bicyclic) bond motifs is 7. The number of aliphatic hydroxyl groups is 3. The van der Waals surface area contributed by atoms with E-state index in [1.54, 1.807) is 64.2 Å². The molecule has 0 aromatic heterocycles. The summed E-state index contributed by atoms with van der Waals surface area (Å²) < 4.78 is 6.18. The average molecular weight is 1010 g/mol. The Morgan fingerprint density at radius 1 is 0.944 bits per heavy atom. The summed E-state index contributed by atoms with van der Waals surface area (Å²) in [7, 11) is 3.38. The normalized spacial score (nSPS) is 25.7. The molecule has 378 valence electrons. The van der Waals surface area contributed by atoms with Crippen LogP contribution in [0.3, 0.4) is 0 Å². The summed E-state index contributed by atoms with van der Waals surface area (Å²) in [5.74, 6) is 7.67. The van der Waals surface area contributed by atoms with Crippen LogP contribution < -0.4 is 21.3 Å². The van der Waals surface area contributed by atoms with Crippen LogP contribution in [0.15, 0.2) is 120 Å². The molecule has 2 fully saturated rings. The predicted octanol–water partition coefficient (Wildman–Crippen LogP) is 8.37. The van der Waals surface area contributed by atoms with Gasteiger partial charge >= 0.3 is 0 Å². The zero-order chi connectivity index (χ0) is 50.4. The van der Waals surface area contributed by atoms with E-state index in [4.69, 9.17) is 16.2 Å². The van der Waals surface area contributed by atoms with Gasteiger partial charge in [-0.15, -0.1) is 5.76 Å². The molecule has 3 aliphatic carbocycles. The lowest BCUT2D eigenvalue weighted by atomic mass is 9.60. The molecule has 2 aliphatic heterocycles. The van der Waals surface area contributed by atoms with E-state index < -0.39 is 35.1 Å². The number of rotatable bonds is 9. The molecule has 4 aromatic rings. The van der Waals surface area contributed by atoms with Gasteiger partial charge in [0.1, 0.15) is 5.75 Å². The summed E-state index contributed by atoms with van der Waals surface area (Å²) in [5.41, 5.74) is 19.9. The standard InChI is InChI=1S/C59H67N3O8S2/c60-57(61)48-29-41-7-4-8-51-46(19-23-62-51)54(68)31-49-47(41)30-42(48)34-71-72-36-59-21-17-43(25-40(26-45(65)33-63)10-9-37-5-2-1-3-6-37)58(35-59,32-56(59)69)22-18-44(64)14-11-38-13-16-53(67)55(28-38)70-24-20-39-12-15-52(66)50(49)27-39/h1-3,5-6,12-13,15-16,18-19,22-23,27-30,40,43,45,49,56-57,63,65-69H,8-11,14,17,20-21,24-26,31-36,60-61H2/p-1/b22-18+,54-46?/t40-,43+,45-,49+,56-,58+,59+/m0/s1. The molecule has 2 saturated carbocycles. The van der Waals surface area contributed by atoms with Crippen LogP contribution in [0.25, 0.3) is 0 Å². The summed E-state index contributed by atoms with van der Waals surface area (Å²) in [6.45, 7) is -0.0995. The topological polar surface area (TPSA) is 215 Å². The van der Waals surface area contributed by atoms with Gasteiger partial charge in [0.05, 0.1) is 43.7 Å². The first-order valence-electron chi connectivity index (χ1n) is 25.4. The number of phenolic OH excluding ortho intramolecular Hbond substituents is 2. The van der Waals surface area contributed by atoms with Crippen molar-refractivity contribution in [3.63, 3.8) is 0 Å². The van der Waals surface area contributed by atoms with Crippen molar-refractivity contribution in [1.29, 1.82) is 0 Å². The number of aryl methyl sites for hydroxylation is 2. The molecular formula is C59H66N3O8S2-. The van der Waals surface area contributed by atoms with Crippen LogP contribution >= 0.6 is 21.6 Å². The van der Waals surface area contributed by atoms with E-state index in [-0.39, 0.29) is 60.9 Å². The van der Waals surface area contributed by atoms with Gasteiger partial charge in [-0.05, 0) is 157 Å². The first-order valence-corrected chi connectivity index (χ1v) is 27.8. The molecule has 4 aromatic carbocycles. The maximum Gasteiger partial charge on any atom is 0.161 e. The van der Waals surface area contributed by atoms with Crippen LogP contribution in [0.5, 0.6) is 17.2 Å². The second-order valence-electron chi connectivity index (χ2n) is 20.7. The number of phenols is 2. The summed E-state index contributed by atoms with van der Waals surface area (Å²) in [6.07, 6.45) is 12.2. The Morgan fingerprint density at radius 2 is 1.75 bits per heavy atom. The van der Waals surface area contributed by atoms with E-state index >= 15 is 0 Å². The lowest BCUT2D eigenvalue weighted by Gasteiger charge is -2.45. The third-order valence-electron chi connectivity index (χ3n) is 15.9. The fourth-order valence-corrected chi connectivity index (χ4v) is 14.8. The van der Waals surface area contributed by atoms with Crippen molar-refractivity contribution in [3.05, 3.63) is 159 Å².